The van der Waals surface area contributed by atoms with Crippen molar-refractivity contribution in [2.45, 2.75) is 44.1 Å². The molecule has 0 saturated carbocycles. The van der Waals surface area contributed by atoms with E-state index in [1.165, 1.54) is 20.8 Å². The molecule has 7 nitrogen and oxygen atoms in total. The molecule has 0 aliphatic carbocycles. The summed E-state index contributed by atoms with van der Waals surface area (Å²) in [5.41, 5.74) is 0. The van der Waals surface area contributed by atoms with E-state index in [2.05, 4.69) is 15.9 Å². The van der Waals surface area contributed by atoms with Crippen LogP contribution in [0, 0.1) is 0 Å². The van der Waals surface area contributed by atoms with Gasteiger partial charge in [0.1, 0.15) is 12.7 Å². The lowest BCUT2D eigenvalue weighted by molar-refractivity contribution is -0.165. The Kier molecular flexibility index (Phi) is 5.74. The molecule has 0 spiro atoms. The van der Waals surface area contributed by atoms with Crippen LogP contribution in [0.25, 0.3) is 0 Å². The van der Waals surface area contributed by atoms with Gasteiger partial charge in [-0.25, -0.2) is 0 Å². The Balaban J connectivity index is 2.76. The number of hydrogen-bond donors (Lipinski definition) is 0. The van der Waals surface area contributed by atoms with E-state index in [-0.39, 0.29) is 6.61 Å². The molecule has 0 aromatic rings. The number of halogens is 1. The highest BCUT2D eigenvalue weighted by atomic mass is 79.9. The van der Waals surface area contributed by atoms with Crippen molar-refractivity contribution in [2.24, 2.45) is 0 Å². The summed E-state index contributed by atoms with van der Waals surface area (Å²) in [6.07, 6.45) is -2.31. The topological polar surface area (TPSA) is 88.1 Å². The normalized spacial score (nSPS) is 29.7. The number of carbonyl (C=O) groups is 3. The first kappa shape index (κ1) is 15.9. The molecule has 4 atom stereocenters. The van der Waals surface area contributed by atoms with Gasteiger partial charge in [0.15, 0.2) is 17.2 Å². The van der Waals surface area contributed by atoms with E-state index in [9.17, 15) is 14.4 Å². The molecule has 1 saturated heterocycles. The number of alkyl halides is 1. The van der Waals surface area contributed by atoms with Gasteiger partial charge in [-0.2, -0.15) is 0 Å². The van der Waals surface area contributed by atoms with E-state index in [1.54, 1.807) is 0 Å². The molecule has 0 N–H and O–H groups in total. The van der Waals surface area contributed by atoms with Gasteiger partial charge in [-0.15, -0.1) is 0 Å². The fourth-order valence-electron chi connectivity index (χ4n) is 1.66. The second kappa shape index (κ2) is 6.85. The van der Waals surface area contributed by atoms with Crippen LogP contribution >= 0.6 is 15.9 Å². The Morgan fingerprint density at radius 2 is 1.53 bits per heavy atom. The van der Waals surface area contributed by atoms with Crippen LogP contribution in [0.4, 0.5) is 0 Å². The minimum absolute atomic E-state index is 0.0901. The molecule has 0 aromatic heterocycles. The van der Waals surface area contributed by atoms with Crippen LogP contribution in [-0.4, -0.2) is 47.8 Å². The van der Waals surface area contributed by atoms with Crippen LogP contribution in [0.2, 0.25) is 0 Å². The van der Waals surface area contributed by atoms with Crippen LogP contribution in [0.15, 0.2) is 0 Å². The second-order valence-corrected chi connectivity index (χ2v) is 4.88. The zero-order valence-electron chi connectivity index (χ0n) is 10.8. The lowest BCUT2D eigenvalue weighted by Gasteiger charge is -2.22. The number of rotatable bonds is 4. The highest BCUT2D eigenvalue weighted by molar-refractivity contribution is 9.09. The Hall–Kier alpha value is -1.15. The largest absolute Gasteiger partial charge is 0.463 e. The highest BCUT2D eigenvalue weighted by Crippen LogP contribution is 2.30. The summed E-state index contributed by atoms with van der Waals surface area (Å²) in [4.78, 5) is 32.9. The van der Waals surface area contributed by atoms with E-state index in [4.69, 9.17) is 18.9 Å². The summed E-state index contributed by atoms with van der Waals surface area (Å²) >= 11 is 3.18. The lowest BCUT2D eigenvalue weighted by Crippen LogP contribution is -2.40. The van der Waals surface area contributed by atoms with Gasteiger partial charge in [-0.1, -0.05) is 15.9 Å². The average Bonchev–Trinajstić information content (AvgIpc) is 2.53. The first-order valence-corrected chi connectivity index (χ1v) is 6.50. The maximum Gasteiger partial charge on any atom is 0.303 e. The van der Waals surface area contributed by atoms with E-state index in [0.29, 0.717) is 0 Å². The van der Waals surface area contributed by atoms with Crippen molar-refractivity contribution < 1.29 is 33.3 Å². The van der Waals surface area contributed by atoms with Crippen molar-refractivity contribution in [2.75, 3.05) is 6.61 Å². The van der Waals surface area contributed by atoms with E-state index < -0.39 is 41.2 Å². The third-order valence-electron chi connectivity index (χ3n) is 2.31. The monoisotopic (exact) mass is 338 g/mol. The van der Waals surface area contributed by atoms with Gasteiger partial charge >= 0.3 is 17.9 Å². The molecule has 1 rings (SSSR count). The van der Waals surface area contributed by atoms with Crippen molar-refractivity contribution in [3.8, 4) is 0 Å². The fourth-order valence-corrected chi connectivity index (χ4v) is 2.35. The molecule has 8 heteroatoms. The molecule has 1 aliphatic heterocycles. The molecular formula is C11H15BrO7. The second-order valence-electron chi connectivity index (χ2n) is 3.98. The van der Waals surface area contributed by atoms with Gasteiger partial charge in [0, 0.05) is 20.8 Å². The maximum atomic E-state index is 11.1. The Labute approximate surface area is 118 Å². The van der Waals surface area contributed by atoms with Crippen molar-refractivity contribution >= 4 is 33.8 Å². The predicted molar refractivity (Wildman–Crippen MR) is 65.3 cm³/mol. The summed E-state index contributed by atoms with van der Waals surface area (Å²) in [5.74, 6) is -1.55. The minimum Gasteiger partial charge on any atom is -0.463 e. The molecule has 19 heavy (non-hydrogen) atoms. The van der Waals surface area contributed by atoms with Gasteiger partial charge in [-0.3, -0.25) is 14.4 Å². The molecule has 0 radical (unpaired) electrons. The van der Waals surface area contributed by atoms with Gasteiger partial charge in [0.05, 0.1) is 0 Å². The van der Waals surface area contributed by atoms with Crippen molar-refractivity contribution in [1.29, 1.82) is 0 Å². The first-order valence-electron chi connectivity index (χ1n) is 5.58. The Bertz CT molecular complexity index is 370. The highest BCUT2D eigenvalue weighted by Gasteiger charge is 2.48. The molecule has 108 valence electrons. The van der Waals surface area contributed by atoms with Gasteiger partial charge in [-0.05, 0) is 0 Å². The standard InChI is InChI=1S/C11H15BrO7/c1-5(13)16-4-8-9(17-6(2)14)10(11(12)19-8)18-7(3)15/h8-11H,4H2,1-3H3/t8-,9-,10-,11+/m1/s1. The van der Waals surface area contributed by atoms with E-state index in [1.807, 2.05) is 0 Å². The smallest absolute Gasteiger partial charge is 0.303 e. The van der Waals surface area contributed by atoms with Crippen molar-refractivity contribution in [3.63, 3.8) is 0 Å². The SMILES string of the molecule is CC(=O)OC[C@H]1O[C@H](Br)[C@H](OC(C)=O)[C@@H]1OC(C)=O. The summed E-state index contributed by atoms with van der Waals surface area (Å²) in [6, 6.07) is 0. The van der Waals surface area contributed by atoms with Crippen LogP contribution in [-0.2, 0) is 33.3 Å². The van der Waals surface area contributed by atoms with Crippen LogP contribution in [0.5, 0.6) is 0 Å². The molecule has 0 bridgehead atoms. The summed E-state index contributed by atoms with van der Waals surface area (Å²) in [7, 11) is 0. The first-order chi connectivity index (χ1) is 8.81. The molecule has 1 aliphatic rings. The van der Waals surface area contributed by atoms with Gasteiger partial charge < -0.3 is 18.9 Å². The van der Waals surface area contributed by atoms with Crippen LogP contribution in [0.3, 0.4) is 0 Å². The number of esters is 3. The Morgan fingerprint density at radius 3 is 2.00 bits per heavy atom. The molecule has 0 aromatic carbocycles. The lowest BCUT2D eigenvalue weighted by atomic mass is 10.1. The third kappa shape index (κ3) is 4.79. The summed E-state index contributed by atoms with van der Waals surface area (Å²) < 4.78 is 20.4. The van der Waals surface area contributed by atoms with Crippen LogP contribution < -0.4 is 0 Å². The Morgan fingerprint density at radius 1 is 1.00 bits per heavy atom. The predicted octanol–water partition coefficient (Wildman–Crippen LogP) is 0.533. The zero-order valence-corrected chi connectivity index (χ0v) is 12.3. The number of carbonyl (C=O) groups excluding carboxylic acids is 3. The summed E-state index contributed by atoms with van der Waals surface area (Å²) in [6.45, 7) is 3.64. The van der Waals surface area contributed by atoms with Crippen molar-refractivity contribution in [3.05, 3.63) is 0 Å². The fraction of sp³-hybridized carbons (Fsp3) is 0.727. The van der Waals surface area contributed by atoms with Crippen molar-refractivity contribution in [1.82, 2.24) is 0 Å². The third-order valence-corrected chi connectivity index (χ3v) is 3.05. The average molecular weight is 339 g/mol. The molecule has 1 heterocycles. The molecular weight excluding hydrogens is 324 g/mol. The van der Waals surface area contributed by atoms with E-state index in [0.717, 1.165) is 0 Å². The minimum atomic E-state index is -0.829. The quantitative estimate of drug-likeness (QED) is 0.419. The number of ether oxygens (including phenoxy) is 4. The van der Waals surface area contributed by atoms with Crippen LogP contribution in [0.1, 0.15) is 20.8 Å². The molecule has 1 fully saturated rings. The van der Waals surface area contributed by atoms with Gasteiger partial charge in [0.2, 0.25) is 0 Å². The maximum absolute atomic E-state index is 11.1. The number of hydrogen-bond acceptors (Lipinski definition) is 7. The van der Waals surface area contributed by atoms with E-state index >= 15 is 0 Å². The zero-order chi connectivity index (χ0) is 14.6. The summed E-state index contributed by atoms with van der Waals surface area (Å²) in [5, 5.41) is -0.638. The molecule has 0 amide bonds. The molecule has 0 unspecified atom stereocenters. The van der Waals surface area contributed by atoms with Gasteiger partial charge in [0.25, 0.3) is 0 Å².